The van der Waals surface area contributed by atoms with E-state index in [2.05, 4.69) is 19.9 Å². The Morgan fingerprint density at radius 1 is 1.48 bits per heavy atom. The Bertz CT molecular complexity index is 669. The smallest absolute Gasteiger partial charge is 0.254 e. The van der Waals surface area contributed by atoms with Crippen molar-refractivity contribution in [3.63, 3.8) is 0 Å². The lowest BCUT2D eigenvalue weighted by molar-refractivity contribution is 0.0269. The zero-order valence-corrected chi connectivity index (χ0v) is 12.0. The van der Waals surface area contributed by atoms with Crippen LogP contribution in [0.5, 0.6) is 0 Å². The van der Waals surface area contributed by atoms with Crippen LogP contribution in [0.15, 0.2) is 29.3 Å². The first-order valence-electron chi connectivity index (χ1n) is 7.10. The van der Waals surface area contributed by atoms with Crippen LogP contribution in [0.25, 0.3) is 11.4 Å². The molecule has 0 atom stereocenters. The third kappa shape index (κ3) is 3.01. The first kappa shape index (κ1) is 13.9. The van der Waals surface area contributed by atoms with Gasteiger partial charge in [-0.2, -0.15) is 0 Å². The van der Waals surface area contributed by atoms with Crippen molar-refractivity contribution in [3.05, 3.63) is 46.1 Å². The SMILES string of the molecule is CCOCN1CCc2c(nc(-c3cccnc3)[nH]c2=O)C1. The molecule has 6 heteroatoms. The van der Waals surface area contributed by atoms with Crippen molar-refractivity contribution in [1.29, 1.82) is 0 Å². The van der Waals surface area contributed by atoms with E-state index in [4.69, 9.17) is 4.74 Å². The summed E-state index contributed by atoms with van der Waals surface area (Å²) in [5, 5.41) is 0. The average Bonchev–Trinajstić information content (AvgIpc) is 2.53. The van der Waals surface area contributed by atoms with E-state index in [1.165, 1.54) is 0 Å². The molecule has 0 bridgehead atoms. The molecule has 1 N–H and O–H groups in total. The molecule has 0 aromatic carbocycles. The van der Waals surface area contributed by atoms with Crippen molar-refractivity contribution in [2.75, 3.05) is 19.9 Å². The first-order valence-corrected chi connectivity index (χ1v) is 7.10. The molecule has 1 aliphatic rings. The van der Waals surface area contributed by atoms with Crippen molar-refractivity contribution >= 4 is 0 Å². The van der Waals surface area contributed by atoms with Gasteiger partial charge in [0.15, 0.2) is 0 Å². The minimum Gasteiger partial charge on any atom is -0.366 e. The van der Waals surface area contributed by atoms with Crippen molar-refractivity contribution in [2.24, 2.45) is 0 Å². The van der Waals surface area contributed by atoms with Crippen LogP contribution in [0, 0.1) is 0 Å². The number of hydrogen-bond donors (Lipinski definition) is 1. The summed E-state index contributed by atoms with van der Waals surface area (Å²) in [7, 11) is 0. The van der Waals surface area contributed by atoms with Crippen molar-refractivity contribution in [2.45, 2.75) is 19.9 Å². The molecule has 0 radical (unpaired) electrons. The lowest BCUT2D eigenvalue weighted by Crippen LogP contribution is -2.36. The van der Waals surface area contributed by atoms with Gasteiger partial charge in [0.2, 0.25) is 0 Å². The maximum atomic E-state index is 12.2. The van der Waals surface area contributed by atoms with Gasteiger partial charge in [-0.3, -0.25) is 14.7 Å². The summed E-state index contributed by atoms with van der Waals surface area (Å²) in [6.45, 7) is 4.71. The Morgan fingerprint density at radius 2 is 2.38 bits per heavy atom. The number of nitrogens with one attached hydrogen (secondary N) is 1. The third-order valence-electron chi connectivity index (χ3n) is 3.57. The number of rotatable bonds is 4. The second-order valence-corrected chi connectivity index (χ2v) is 5.01. The first-order chi connectivity index (χ1) is 10.3. The Morgan fingerprint density at radius 3 is 3.14 bits per heavy atom. The number of pyridine rings is 1. The highest BCUT2D eigenvalue weighted by molar-refractivity contribution is 5.53. The van der Waals surface area contributed by atoms with Gasteiger partial charge in [-0.05, 0) is 25.5 Å². The zero-order chi connectivity index (χ0) is 14.7. The molecule has 0 saturated heterocycles. The Labute approximate surface area is 122 Å². The molecule has 0 amide bonds. The molecule has 0 unspecified atom stereocenters. The number of aromatic nitrogens is 3. The van der Waals surface area contributed by atoms with Crippen LogP contribution in [0.1, 0.15) is 18.2 Å². The molecule has 6 nitrogen and oxygen atoms in total. The average molecular weight is 286 g/mol. The zero-order valence-electron chi connectivity index (χ0n) is 12.0. The van der Waals surface area contributed by atoms with Gasteiger partial charge in [0.05, 0.1) is 12.4 Å². The monoisotopic (exact) mass is 286 g/mol. The predicted octanol–water partition coefficient (Wildman–Crippen LogP) is 1.18. The standard InChI is InChI=1S/C15H18N4O2/c1-2-21-10-19-7-5-12-13(9-19)17-14(18-15(12)20)11-4-3-6-16-8-11/h3-4,6,8H,2,5,7,9-10H2,1H3,(H,17,18,20). The van der Waals surface area contributed by atoms with Crippen LogP contribution >= 0.6 is 0 Å². The molecule has 0 spiro atoms. The maximum absolute atomic E-state index is 12.2. The topological polar surface area (TPSA) is 71.1 Å². The summed E-state index contributed by atoms with van der Waals surface area (Å²) in [5.74, 6) is 0.574. The van der Waals surface area contributed by atoms with E-state index in [0.29, 0.717) is 32.1 Å². The van der Waals surface area contributed by atoms with Gasteiger partial charge >= 0.3 is 0 Å². The highest BCUT2D eigenvalue weighted by Crippen LogP contribution is 2.17. The van der Waals surface area contributed by atoms with E-state index in [1.54, 1.807) is 12.4 Å². The summed E-state index contributed by atoms with van der Waals surface area (Å²) in [5.41, 5.74) is 2.40. The quantitative estimate of drug-likeness (QED) is 0.914. The molecule has 3 heterocycles. The number of ether oxygens (including phenoxy) is 1. The lowest BCUT2D eigenvalue weighted by atomic mass is 10.1. The Balaban J connectivity index is 1.91. The van der Waals surface area contributed by atoms with E-state index >= 15 is 0 Å². The molecule has 2 aromatic rings. The van der Waals surface area contributed by atoms with E-state index in [0.717, 1.165) is 23.4 Å². The fourth-order valence-electron chi connectivity index (χ4n) is 2.46. The van der Waals surface area contributed by atoms with Gasteiger partial charge in [0, 0.05) is 43.2 Å². The van der Waals surface area contributed by atoms with Crippen molar-refractivity contribution in [1.82, 2.24) is 19.9 Å². The van der Waals surface area contributed by atoms with Crippen LogP contribution in [-0.4, -0.2) is 39.7 Å². The van der Waals surface area contributed by atoms with E-state index < -0.39 is 0 Å². The van der Waals surface area contributed by atoms with Crippen LogP contribution in [0.4, 0.5) is 0 Å². The van der Waals surface area contributed by atoms with Crippen LogP contribution in [0.3, 0.4) is 0 Å². The van der Waals surface area contributed by atoms with Crippen LogP contribution in [-0.2, 0) is 17.7 Å². The second kappa shape index (κ2) is 6.15. The third-order valence-corrected chi connectivity index (χ3v) is 3.57. The van der Waals surface area contributed by atoms with Crippen molar-refractivity contribution in [3.8, 4) is 11.4 Å². The molecular weight excluding hydrogens is 268 g/mol. The van der Waals surface area contributed by atoms with E-state index in [1.807, 2.05) is 19.1 Å². The highest BCUT2D eigenvalue weighted by Gasteiger charge is 2.21. The van der Waals surface area contributed by atoms with Gasteiger partial charge in [0.1, 0.15) is 5.82 Å². The summed E-state index contributed by atoms with van der Waals surface area (Å²) in [6.07, 6.45) is 4.10. The van der Waals surface area contributed by atoms with Crippen LogP contribution in [0.2, 0.25) is 0 Å². The number of aromatic amines is 1. The highest BCUT2D eigenvalue weighted by atomic mass is 16.5. The van der Waals surface area contributed by atoms with Crippen LogP contribution < -0.4 is 5.56 Å². The fourth-order valence-corrected chi connectivity index (χ4v) is 2.46. The molecule has 110 valence electrons. The van der Waals surface area contributed by atoms with Gasteiger partial charge in [-0.25, -0.2) is 4.98 Å². The second-order valence-electron chi connectivity index (χ2n) is 5.01. The largest absolute Gasteiger partial charge is 0.366 e. The molecule has 0 saturated carbocycles. The lowest BCUT2D eigenvalue weighted by Gasteiger charge is -2.27. The van der Waals surface area contributed by atoms with E-state index in [-0.39, 0.29) is 5.56 Å². The summed E-state index contributed by atoms with van der Waals surface area (Å²) < 4.78 is 5.44. The number of nitrogens with zero attached hydrogens (tertiary/aromatic N) is 3. The molecule has 0 aliphatic carbocycles. The maximum Gasteiger partial charge on any atom is 0.254 e. The summed E-state index contributed by atoms with van der Waals surface area (Å²) in [4.78, 5) is 25.9. The number of H-pyrrole nitrogens is 1. The van der Waals surface area contributed by atoms with Gasteiger partial charge in [-0.15, -0.1) is 0 Å². The molecule has 1 aliphatic heterocycles. The summed E-state index contributed by atoms with van der Waals surface area (Å²) in [6, 6.07) is 3.72. The fraction of sp³-hybridized carbons (Fsp3) is 0.400. The van der Waals surface area contributed by atoms with E-state index in [9.17, 15) is 4.79 Å². The Kier molecular flexibility index (Phi) is 4.08. The summed E-state index contributed by atoms with van der Waals surface area (Å²) >= 11 is 0. The molecule has 3 rings (SSSR count). The number of fused-ring (bicyclic) bond motifs is 1. The molecule has 0 fully saturated rings. The van der Waals surface area contributed by atoms with Crippen molar-refractivity contribution < 1.29 is 4.74 Å². The Hall–Kier alpha value is -2.05. The predicted molar refractivity (Wildman–Crippen MR) is 78.7 cm³/mol. The molecule has 2 aromatic heterocycles. The minimum atomic E-state index is -0.0464. The molecular formula is C15H18N4O2. The van der Waals surface area contributed by atoms with Gasteiger partial charge < -0.3 is 9.72 Å². The normalized spacial score (nSPS) is 14.9. The van der Waals surface area contributed by atoms with Gasteiger partial charge in [-0.1, -0.05) is 0 Å². The van der Waals surface area contributed by atoms with Gasteiger partial charge in [0.25, 0.3) is 5.56 Å². The molecule has 21 heavy (non-hydrogen) atoms. The number of hydrogen-bond acceptors (Lipinski definition) is 5. The minimum absolute atomic E-state index is 0.0464.